The Bertz CT molecular complexity index is 542. The van der Waals surface area contributed by atoms with Crippen molar-refractivity contribution in [3.05, 3.63) is 30.1 Å². The van der Waals surface area contributed by atoms with Crippen LogP contribution in [0.25, 0.3) is 11.0 Å². The molecule has 0 aliphatic heterocycles. The summed E-state index contributed by atoms with van der Waals surface area (Å²) in [7, 11) is 0. The molecule has 2 aromatic rings. The number of amides is 1. The number of aromatic amines is 1. The van der Waals surface area contributed by atoms with E-state index in [0.717, 1.165) is 11.0 Å². The number of carbonyl (C=O) groups is 1. The van der Waals surface area contributed by atoms with Gasteiger partial charge >= 0.3 is 0 Å². The minimum atomic E-state index is -1.02. The van der Waals surface area contributed by atoms with Gasteiger partial charge in [-0.15, -0.1) is 0 Å². The van der Waals surface area contributed by atoms with Gasteiger partial charge in [-0.2, -0.15) is 0 Å². The molecule has 0 saturated carbocycles. The molecule has 1 amide bonds. The second-order valence-electron chi connectivity index (χ2n) is 5.05. The van der Waals surface area contributed by atoms with E-state index in [4.69, 9.17) is 0 Å². The van der Waals surface area contributed by atoms with Crippen molar-refractivity contribution in [1.29, 1.82) is 0 Å². The standard InChI is InChI=1S/C14H19N3O2/c1-8(2)12(17-14(19)9(3)18)13-15-10-6-4-5-7-11(10)16-13/h4-9,12,18H,1-3H3,(H,15,16)(H,17,19). The topological polar surface area (TPSA) is 78.0 Å². The monoisotopic (exact) mass is 261 g/mol. The number of aromatic nitrogens is 2. The number of nitrogens with zero attached hydrogens (tertiary/aromatic N) is 1. The maximum atomic E-state index is 11.6. The van der Waals surface area contributed by atoms with Crippen LogP contribution in [0.5, 0.6) is 0 Å². The molecule has 0 spiro atoms. The maximum absolute atomic E-state index is 11.6. The van der Waals surface area contributed by atoms with E-state index in [-0.39, 0.29) is 17.9 Å². The summed E-state index contributed by atoms with van der Waals surface area (Å²) < 4.78 is 0. The number of aliphatic hydroxyl groups is 1. The van der Waals surface area contributed by atoms with Crippen molar-refractivity contribution in [2.45, 2.75) is 32.9 Å². The van der Waals surface area contributed by atoms with Crippen molar-refractivity contribution in [3.8, 4) is 0 Å². The highest BCUT2D eigenvalue weighted by Gasteiger charge is 2.23. The first-order valence-electron chi connectivity index (χ1n) is 6.42. The fourth-order valence-corrected chi connectivity index (χ4v) is 1.94. The lowest BCUT2D eigenvalue weighted by molar-refractivity contribution is -0.129. The summed E-state index contributed by atoms with van der Waals surface area (Å²) in [6, 6.07) is 7.48. The number of fused-ring (bicyclic) bond motifs is 1. The van der Waals surface area contributed by atoms with E-state index >= 15 is 0 Å². The molecule has 1 aromatic carbocycles. The molecule has 102 valence electrons. The molecule has 5 nitrogen and oxygen atoms in total. The largest absolute Gasteiger partial charge is 0.384 e. The van der Waals surface area contributed by atoms with Crippen molar-refractivity contribution in [3.63, 3.8) is 0 Å². The lowest BCUT2D eigenvalue weighted by Crippen LogP contribution is -2.38. The van der Waals surface area contributed by atoms with Crippen molar-refractivity contribution >= 4 is 16.9 Å². The van der Waals surface area contributed by atoms with Gasteiger partial charge in [0.15, 0.2) is 0 Å². The first-order chi connectivity index (χ1) is 8.99. The Labute approximate surface area is 112 Å². The van der Waals surface area contributed by atoms with E-state index in [2.05, 4.69) is 15.3 Å². The number of imidazole rings is 1. The number of hydrogen-bond donors (Lipinski definition) is 3. The average molecular weight is 261 g/mol. The molecular weight excluding hydrogens is 242 g/mol. The van der Waals surface area contributed by atoms with Crippen LogP contribution in [0.2, 0.25) is 0 Å². The Hall–Kier alpha value is -1.88. The maximum Gasteiger partial charge on any atom is 0.249 e. The van der Waals surface area contributed by atoms with Crippen LogP contribution in [0.3, 0.4) is 0 Å². The molecule has 5 heteroatoms. The van der Waals surface area contributed by atoms with E-state index < -0.39 is 6.10 Å². The van der Waals surface area contributed by atoms with Crippen LogP contribution in [-0.2, 0) is 4.79 Å². The molecule has 0 fully saturated rings. The molecule has 1 heterocycles. The van der Waals surface area contributed by atoms with Crippen LogP contribution in [0.4, 0.5) is 0 Å². The summed E-state index contributed by atoms with van der Waals surface area (Å²) in [5, 5.41) is 12.1. The van der Waals surface area contributed by atoms with Crippen LogP contribution >= 0.6 is 0 Å². The van der Waals surface area contributed by atoms with E-state index in [1.807, 2.05) is 38.1 Å². The van der Waals surface area contributed by atoms with Gasteiger partial charge in [0.05, 0.1) is 17.1 Å². The van der Waals surface area contributed by atoms with Crippen LogP contribution in [0.1, 0.15) is 32.6 Å². The Balaban J connectivity index is 2.30. The normalized spacial score (nSPS) is 14.6. The molecule has 2 unspecified atom stereocenters. The molecule has 0 aliphatic rings. The summed E-state index contributed by atoms with van der Waals surface area (Å²) in [5.41, 5.74) is 1.81. The molecule has 0 bridgehead atoms. The van der Waals surface area contributed by atoms with Gasteiger partial charge in [0.25, 0.3) is 0 Å². The molecule has 1 aromatic heterocycles. The molecule has 19 heavy (non-hydrogen) atoms. The average Bonchev–Trinajstić information content (AvgIpc) is 2.78. The first kappa shape index (κ1) is 13.5. The van der Waals surface area contributed by atoms with Crippen molar-refractivity contribution in [2.75, 3.05) is 0 Å². The van der Waals surface area contributed by atoms with Crippen molar-refractivity contribution in [2.24, 2.45) is 5.92 Å². The fourth-order valence-electron chi connectivity index (χ4n) is 1.94. The predicted octanol–water partition coefficient (Wildman–Crippen LogP) is 1.76. The highest BCUT2D eigenvalue weighted by Crippen LogP contribution is 2.22. The van der Waals surface area contributed by atoms with E-state index in [0.29, 0.717) is 5.82 Å². The highest BCUT2D eigenvalue weighted by atomic mass is 16.3. The lowest BCUT2D eigenvalue weighted by Gasteiger charge is -2.21. The zero-order valence-corrected chi connectivity index (χ0v) is 11.3. The first-order valence-corrected chi connectivity index (χ1v) is 6.42. The molecular formula is C14H19N3O2. The van der Waals surface area contributed by atoms with Gasteiger partial charge in [-0.3, -0.25) is 4.79 Å². The minimum Gasteiger partial charge on any atom is -0.384 e. The number of hydrogen-bond acceptors (Lipinski definition) is 3. The van der Waals surface area contributed by atoms with Crippen LogP contribution < -0.4 is 5.32 Å². The Morgan fingerprint density at radius 1 is 1.32 bits per heavy atom. The van der Waals surface area contributed by atoms with Crippen LogP contribution in [0, 0.1) is 5.92 Å². The van der Waals surface area contributed by atoms with Gasteiger partial charge in [-0.1, -0.05) is 26.0 Å². The van der Waals surface area contributed by atoms with Gasteiger partial charge in [-0.25, -0.2) is 4.98 Å². The lowest BCUT2D eigenvalue weighted by atomic mass is 10.0. The highest BCUT2D eigenvalue weighted by molar-refractivity contribution is 5.80. The Kier molecular flexibility index (Phi) is 3.85. The van der Waals surface area contributed by atoms with Gasteiger partial charge in [0.2, 0.25) is 5.91 Å². The third-order valence-corrected chi connectivity index (χ3v) is 3.05. The Morgan fingerprint density at radius 2 is 2.00 bits per heavy atom. The number of rotatable bonds is 4. The molecule has 2 rings (SSSR count). The number of carbonyl (C=O) groups excluding carboxylic acids is 1. The third-order valence-electron chi connectivity index (χ3n) is 3.05. The van der Waals surface area contributed by atoms with Gasteiger partial charge in [0.1, 0.15) is 11.9 Å². The SMILES string of the molecule is CC(O)C(=O)NC(c1nc2ccccc2[nH]1)C(C)C. The van der Waals surface area contributed by atoms with E-state index in [1.54, 1.807) is 0 Å². The zero-order chi connectivity index (χ0) is 14.0. The van der Waals surface area contributed by atoms with Gasteiger partial charge in [-0.05, 0) is 25.0 Å². The number of H-pyrrole nitrogens is 1. The minimum absolute atomic E-state index is 0.170. The summed E-state index contributed by atoms with van der Waals surface area (Å²) in [6.45, 7) is 5.45. The summed E-state index contributed by atoms with van der Waals surface area (Å²) >= 11 is 0. The molecule has 3 N–H and O–H groups in total. The van der Waals surface area contributed by atoms with Crippen molar-refractivity contribution < 1.29 is 9.90 Å². The number of aliphatic hydroxyl groups excluding tert-OH is 1. The second-order valence-corrected chi connectivity index (χ2v) is 5.05. The molecule has 0 saturated heterocycles. The van der Waals surface area contributed by atoms with Crippen LogP contribution in [-0.4, -0.2) is 27.1 Å². The number of para-hydroxylation sites is 2. The Morgan fingerprint density at radius 3 is 2.58 bits per heavy atom. The smallest absolute Gasteiger partial charge is 0.249 e. The number of nitrogens with one attached hydrogen (secondary N) is 2. The molecule has 0 aliphatic carbocycles. The molecule has 0 radical (unpaired) electrons. The van der Waals surface area contributed by atoms with Crippen molar-refractivity contribution in [1.82, 2.24) is 15.3 Å². The van der Waals surface area contributed by atoms with Gasteiger partial charge in [0, 0.05) is 0 Å². The fraction of sp³-hybridized carbons (Fsp3) is 0.429. The zero-order valence-electron chi connectivity index (χ0n) is 11.3. The predicted molar refractivity (Wildman–Crippen MR) is 73.5 cm³/mol. The summed E-state index contributed by atoms with van der Waals surface area (Å²) in [4.78, 5) is 19.4. The quantitative estimate of drug-likeness (QED) is 0.784. The van der Waals surface area contributed by atoms with E-state index in [9.17, 15) is 9.90 Å². The second kappa shape index (κ2) is 5.40. The summed E-state index contributed by atoms with van der Waals surface area (Å²) in [5.74, 6) is 0.493. The third kappa shape index (κ3) is 2.93. The van der Waals surface area contributed by atoms with Gasteiger partial charge < -0.3 is 15.4 Å². The van der Waals surface area contributed by atoms with E-state index in [1.165, 1.54) is 6.92 Å². The number of benzene rings is 1. The molecule has 2 atom stereocenters. The van der Waals surface area contributed by atoms with Crippen LogP contribution in [0.15, 0.2) is 24.3 Å². The summed E-state index contributed by atoms with van der Waals surface area (Å²) in [6.07, 6.45) is -1.02.